The number of carbonyl (C=O) groups excluding carboxylic acids is 1. The van der Waals surface area contributed by atoms with Gasteiger partial charge in [0.15, 0.2) is 0 Å². The Balaban J connectivity index is 2.49. The van der Waals surface area contributed by atoms with Gasteiger partial charge in [-0.05, 0) is 35.7 Å². The van der Waals surface area contributed by atoms with Gasteiger partial charge >= 0.3 is 0 Å². The van der Waals surface area contributed by atoms with Crippen molar-refractivity contribution in [2.75, 3.05) is 5.73 Å². The number of nitrogens with two attached hydrogens (primary N) is 1. The maximum Gasteiger partial charge on any atom is 0.150 e. The van der Waals surface area contributed by atoms with Crippen molar-refractivity contribution in [1.82, 2.24) is 0 Å². The summed E-state index contributed by atoms with van der Waals surface area (Å²) in [6, 6.07) is 13.4. The highest BCUT2D eigenvalue weighted by molar-refractivity contribution is 5.79. The van der Waals surface area contributed by atoms with Crippen molar-refractivity contribution < 1.29 is 4.79 Å². The van der Waals surface area contributed by atoms with Crippen molar-refractivity contribution in [3.63, 3.8) is 0 Å². The third-order valence-corrected chi connectivity index (χ3v) is 2.64. The van der Waals surface area contributed by atoms with Crippen molar-refractivity contribution in [2.24, 2.45) is 0 Å². The Labute approximate surface area is 94.7 Å². The van der Waals surface area contributed by atoms with Gasteiger partial charge in [0.2, 0.25) is 0 Å². The number of carbonyl (C=O) groups is 1. The topological polar surface area (TPSA) is 43.1 Å². The molecule has 0 radical (unpaired) electrons. The van der Waals surface area contributed by atoms with E-state index in [2.05, 4.69) is 0 Å². The van der Waals surface area contributed by atoms with E-state index in [1.165, 1.54) is 0 Å². The first-order valence-corrected chi connectivity index (χ1v) is 5.12. The van der Waals surface area contributed by atoms with Crippen LogP contribution in [-0.4, -0.2) is 6.29 Å². The van der Waals surface area contributed by atoms with Crippen LogP contribution in [0.3, 0.4) is 0 Å². The Morgan fingerprint density at radius 3 is 2.50 bits per heavy atom. The molecule has 0 fully saturated rings. The molecular weight excluding hydrogens is 198 g/mol. The monoisotopic (exact) mass is 211 g/mol. The number of benzene rings is 2. The molecule has 0 saturated heterocycles. The van der Waals surface area contributed by atoms with E-state index in [1.807, 2.05) is 43.3 Å². The predicted molar refractivity (Wildman–Crippen MR) is 66.4 cm³/mol. The van der Waals surface area contributed by atoms with E-state index in [0.29, 0.717) is 5.56 Å². The highest BCUT2D eigenvalue weighted by atomic mass is 16.1. The van der Waals surface area contributed by atoms with Crippen molar-refractivity contribution >= 4 is 12.0 Å². The minimum Gasteiger partial charge on any atom is -0.398 e. The van der Waals surface area contributed by atoms with E-state index in [0.717, 1.165) is 28.7 Å². The SMILES string of the molecule is Cc1ccc(-c2cccc(C=O)c2)cc1N. The van der Waals surface area contributed by atoms with Gasteiger partial charge in [0.25, 0.3) is 0 Å². The first kappa shape index (κ1) is 10.4. The van der Waals surface area contributed by atoms with Gasteiger partial charge in [-0.1, -0.05) is 30.3 Å². The fourth-order valence-electron chi connectivity index (χ4n) is 1.61. The molecule has 2 nitrogen and oxygen atoms in total. The quantitative estimate of drug-likeness (QED) is 0.612. The molecular formula is C14H13NO. The number of aryl methyl sites for hydroxylation is 1. The number of rotatable bonds is 2. The van der Waals surface area contributed by atoms with Gasteiger partial charge in [0.05, 0.1) is 0 Å². The van der Waals surface area contributed by atoms with E-state index in [4.69, 9.17) is 5.73 Å². The van der Waals surface area contributed by atoms with Gasteiger partial charge < -0.3 is 5.73 Å². The lowest BCUT2D eigenvalue weighted by atomic mass is 10.0. The van der Waals surface area contributed by atoms with E-state index < -0.39 is 0 Å². The second-order valence-corrected chi connectivity index (χ2v) is 3.81. The summed E-state index contributed by atoms with van der Waals surface area (Å²) in [7, 11) is 0. The van der Waals surface area contributed by atoms with Crippen LogP contribution in [0.15, 0.2) is 42.5 Å². The summed E-state index contributed by atoms with van der Waals surface area (Å²) in [4.78, 5) is 10.7. The number of anilines is 1. The van der Waals surface area contributed by atoms with Gasteiger partial charge in [0.1, 0.15) is 6.29 Å². The molecule has 2 heteroatoms. The molecule has 0 saturated carbocycles. The van der Waals surface area contributed by atoms with Crippen molar-refractivity contribution in [3.8, 4) is 11.1 Å². The zero-order valence-electron chi connectivity index (χ0n) is 9.10. The third kappa shape index (κ3) is 1.96. The summed E-state index contributed by atoms with van der Waals surface area (Å²) in [5.74, 6) is 0. The Bertz CT molecular complexity index is 532. The van der Waals surface area contributed by atoms with Crippen molar-refractivity contribution in [1.29, 1.82) is 0 Å². The molecule has 0 aliphatic heterocycles. The Hall–Kier alpha value is -2.09. The minimum absolute atomic E-state index is 0.677. The van der Waals surface area contributed by atoms with Crippen molar-refractivity contribution in [2.45, 2.75) is 6.92 Å². The highest BCUT2D eigenvalue weighted by Gasteiger charge is 2.01. The molecule has 0 amide bonds. The maximum atomic E-state index is 10.7. The molecule has 2 aromatic rings. The predicted octanol–water partition coefficient (Wildman–Crippen LogP) is 3.06. The molecule has 2 N–H and O–H groups in total. The average Bonchev–Trinajstić information content (AvgIpc) is 2.33. The first-order valence-electron chi connectivity index (χ1n) is 5.12. The highest BCUT2D eigenvalue weighted by Crippen LogP contribution is 2.24. The molecule has 2 aromatic carbocycles. The van der Waals surface area contributed by atoms with Crippen LogP contribution in [0, 0.1) is 6.92 Å². The molecule has 0 bridgehead atoms. The third-order valence-electron chi connectivity index (χ3n) is 2.64. The summed E-state index contributed by atoms with van der Waals surface area (Å²) in [5, 5.41) is 0. The van der Waals surface area contributed by atoms with Crippen LogP contribution in [0.1, 0.15) is 15.9 Å². The smallest absolute Gasteiger partial charge is 0.150 e. The molecule has 16 heavy (non-hydrogen) atoms. The number of aldehydes is 1. The van der Waals surface area contributed by atoms with E-state index in [9.17, 15) is 4.79 Å². The van der Waals surface area contributed by atoms with Crippen LogP contribution in [0.2, 0.25) is 0 Å². The molecule has 0 heterocycles. The van der Waals surface area contributed by atoms with Gasteiger partial charge in [0, 0.05) is 11.3 Å². The van der Waals surface area contributed by atoms with Crippen molar-refractivity contribution in [3.05, 3.63) is 53.6 Å². The molecule has 2 rings (SSSR count). The Morgan fingerprint density at radius 1 is 1.06 bits per heavy atom. The summed E-state index contributed by atoms with van der Waals surface area (Å²) in [5.41, 5.74) is 10.4. The standard InChI is InChI=1S/C14H13NO/c1-10-5-6-13(8-14(10)15)12-4-2-3-11(7-12)9-16/h2-9H,15H2,1H3. The van der Waals surface area contributed by atoms with E-state index in [1.54, 1.807) is 6.07 Å². The van der Waals surface area contributed by atoms with Crippen LogP contribution in [0.5, 0.6) is 0 Å². The van der Waals surface area contributed by atoms with Crippen LogP contribution >= 0.6 is 0 Å². The van der Waals surface area contributed by atoms with E-state index >= 15 is 0 Å². The Kier molecular flexibility index (Phi) is 2.73. The molecule has 0 atom stereocenters. The second kappa shape index (κ2) is 4.19. The number of hydrogen-bond acceptors (Lipinski definition) is 2. The molecule has 0 aliphatic carbocycles. The molecule has 0 unspecified atom stereocenters. The first-order chi connectivity index (χ1) is 7.70. The fourth-order valence-corrected chi connectivity index (χ4v) is 1.61. The van der Waals surface area contributed by atoms with Crippen LogP contribution in [-0.2, 0) is 0 Å². The minimum atomic E-state index is 0.677. The number of hydrogen-bond donors (Lipinski definition) is 1. The van der Waals surface area contributed by atoms with Gasteiger partial charge in [-0.25, -0.2) is 0 Å². The zero-order valence-corrected chi connectivity index (χ0v) is 9.10. The zero-order chi connectivity index (χ0) is 11.5. The van der Waals surface area contributed by atoms with Crippen LogP contribution < -0.4 is 5.73 Å². The maximum absolute atomic E-state index is 10.7. The lowest BCUT2D eigenvalue weighted by Gasteiger charge is -2.05. The summed E-state index contributed by atoms with van der Waals surface area (Å²) in [6.45, 7) is 1.97. The summed E-state index contributed by atoms with van der Waals surface area (Å²) in [6.07, 6.45) is 0.848. The summed E-state index contributed by atoms with van der Waals surface area (Å²) < 4.78 is 0. The second-order valence-electron chi connectivity index (χ2n) is 3.81. The summed E-state index contributed by atoms with van der Waals surface area (Å²) >= 11 is 0. The molecule has 0 aliphatic rings. The Morgan fingerprint density at radius 2 is 1.81 bits per heavy atom. The largest absolute Gasteiger partial charge is 0.398 e. The molecule has 0 aromatic heterocycles. The fraction of sp³-hybridized carbons (Fsp3) is 0.0714. The van der Waals surface area contributed by atoms with Gasteiger partial charge in [-0.2, -0.15) is 0 Å². The van der Waals surface area contributed by atoms with E-state index in [-0.39, 0.29) is 0 Å². The van der Waals surface area contributed by atoms with Gasteiger partial charge in [-0.3, -0.25) is 4.79 Å². The lowest BCUT2D eigenvalue weighted by molar-refractivity contribution is 0.112. The molecule has 0 spiro atoms. The number of nitrogen functional groups attached to an aromatic ring is 1. The van der Waals surface area contributed by atoms with Crippen LogP contribution in [0.4, 0.5) is 5.69 Å². The normalized spacial score (nSPS) is 10.1. The molecule has 80 valence electrons. The average molecular weight is 211 g/mol. The lowest BCUT2D eigenvalue weighted by Crippen LogP contribution is -1.90. The van der Waals surface area contributed by atoms with Gasteiger partial charge in [-0.15, -0.1) is 0 Å². The van der Waals surface area contributed by atoms with Crippen LogP contribution in [0.25, 0.3) is 11.1 Å².